The fourth-order valence-corrected chi connectivity index (χ4v) is 3.95. The van der Waals surface area contributed by atoms with E-state index in [1.807, 2.05) is 0 Å². The molecule has 1 heterocycles. The molecule has 0 spiro atoms. The minimum Gasteiger partial charge on any atom is -0.497 e. The number of methoxy groups -OCH3 is 1. The van der Waals surface area contributed by atoms with Crippen LogP contribution in [0.5, 0.6) is 11.5 Å². The lowest BCUT2D eigenvalue weighted by Crippen LogP contribution is -2.34. The van der Waals surface area contributed by atoms with Crippen LogP contribution in [0.15, 0.2) is 24.3 Å². The van der Waals surface area contributed by atoms with E-state index in [0.717, 1.165) is 18.6 Å². The van der Waals surface area contributed by atoms with Crippen LogP contribution >= 0.6 is 0 Å². The van der Waals surface area contributed by atoms with Gasteiger partial charge in [-0.3, -0.25) is 4.79 Å². The Morgan fingerprint density at radius 2 is 1.79 bits per heavy atom. The van der Waals surface area contributed by atoms with Crippen LogP contribution in [0.2, 0.25) is 0 Å². The molecule has 0 aromatic heterocycles. The van der Waals surface area contributed by atoms with Crippen molar-refractivity contribution < 1.29 is 22.7 Å². The van der Waals surface area contributed by atoms with Crippen molar-refractivity contribution in [2.45, 2.75) is 19.3 Å². The first-order valence-corrected chi connectivity index (χ1v) is 9.63. The van der Waals surface area contributed by atoms with Gasteiger partial charge in [-0.25, -0.2) is 12.7 Å². The number of ether oxygens (including phenoxy) is 2. The summed E-state index contributed by atoms with van der Waals surface area (Å²) in [7, 11) is -1.71. The number of benzene rings is 1. The number of nitrogens with zero attached hydrogens (tertiary/aromatic N) is 1. The van der Waals surface area contributed by atoms with Crippen LogP contribution in [0.1, 0.15) is 19.3 Å². The van der Waals surface area contributed by atoms with E-state index in [2.05, 4.69) is 5.32 Å². The molecule has 1 aliphatic rings. The van der Waals surface area contributed by atoms with E-state index in [-0.39, 0.29) is 18.1 Å². The number of amides is 1. The predicted molar refractivity (Wildman–Crippen MR) is 90.7 cm³/mol. The van der Waals surface area contributed by atoms with E-state index in [4.69, 9.17) is 9.47 Å². The smallest absolute Gasteiger partial charge is 0.221 e. The number of hydrogen-bond acceptors (Lipinski definition) is 5. The van der Waals surface area contributed by atoms with Crippen molar-refractivity contribution in [1.29, 1.82) is 0 Å². The van der Waals surface area contributed by atoms with Crippen molar-refractivity contribution >= 4 is 15.9 Å². The Kier molecular flexibility index (Phi) is 6.86. The molecule has 24 heavy (non-hydrogen) atoms. The number of carbonyl (C=O) groups is 1. The summed E-state index contributed by atoms with van der Waals surface area (Å²) in [6.45, 7) is 1.78. The van der Waals surface area contributed by atoms with Gasteiger partial charge in [0.15, 0.2) is 0 Å². The lowest BCUT2D eigenvalue weighted by atomic mass is 10.3. The van der Waals surface area contributed by atoms with Gasteiger partial charge < -0.3 is 14.8 Å². The predicted octanol–water partition coefficient (Wildman–Crippen LogP) is 1.01. The van der Waals surface area contributed by atoms with Crippen LogP contribution in [0.3, 0.4) is 0 Å². The number of sulfonamides is 1. The fraction of sp³-hybridized carbons (Fsp3) is 0.562. The minimum atomic E-state index is -3.31. The van der Waals surface area contributed by atoms with Crippen LogP contribution in [-0.2, 0) is 14.8 Å². The molecule has 1 aromatic rings. The molecule has 1 N–H and O–H groups in total. The highest BCUT2D eigenvalue weighted by atomic mass is 32.2. The topological polar surface area (TPSA) is 84.9 Å². The van der Waals surface area contributed by atoms with Crippen LogP contribution in [0, 0.1) is 0 Å². The van der Waals surface area contributed by atoms with E-state index >= 15 is 0 Å². The molecule has 7 nitrogen and oxygen atoms in total. The molecule has 0 atom stereocenters. The van der Waals surface area contributed by atoms with Crippen molar-refractivity contribution in [3.63, 3.8) is 0 Å². The normalized spacial score (nSPS) is 15.2. The highest BCUT2D eigenvalue weighted by Gasteiger charge is 2.25. The molecule has 1 aromatic carbocycles. The summed E-state index contributed by atoms with van der Waals surface area (Å²) in [4.78, 5) is 11.7. The highest BCUT2D eigenvalue weighted by Crippen LogP contribution is 2.16. The average molecular weight is 356 g/mol. The molecule has 1 saturated heterocycles. The zero-order valence-corrected chi connectivity index (χ0v) is 14.7. The van der Waals surface area contributed by atoms with Gasteiger partial charge in [-0.2, -0.15) is 0 Å². The van der Waals surface area contributed by atoms with Gasteiger partial charge in [0.1, 0.15) is 18.1 Å². The summed E-state index contributed by atoms with van der Waals surface area (Å²) >= 11 is 0. The average Bonchev–Trinajstić information content (AvgIpc) is 3.13. The van der Waals surface area contributed by atoms with Crippen LogP contribution < -0.4 is 14.8 Å². The second kappa shape index (κ2) is 8.89. The summed E-state index contributed by atoms with van der Waals surface area (Å²) in [6, 6.07) is 7.14. The lowest BCUT2D eigenvalue weighted by molar-refractivity contribution is -0.120. The molecular weight excluding hydrogens is 332 g/mol. The van der Waals surface area contributed by atoms with Gasteiger partial charge in [0.05, 0.1) is 19.4 Å². The second-order valence-electron chi connectivity index (χ2n) is 5.55. The third-order valence-corrected chi connectivity index (χ3v) is 5.67. The van der Waals surface area contributed by atoms with E-state index in [1.165, 1.54) is 4.31 Å². The maximum atomic E-state index is 12.0. The third-order valence-electron chi connectivity index (χ3n) is 3.80. The molecule has 0 saturated carbocycles. The Labute approximate surface area is 143 Å². The molecule has 1 amide bonds. The molecule has 1 aliphatic heterocycles. The monoisotopic (exact) mass is 356 g/mol. The lowest BCUT2D eigenvalue weighted by Gasteiger charge is -2.15. The standard InChI is InChI=1S/C16H24N2O5S/c1-22-14-4-6-15(7-5-14)23-12-9-17-16(19)8-13-24(20,21)18-10-2-3-11-18/h4-7H,2-3,8-13H2,1H3,(H,17,19). The Morgan fingerprint density at radius 3 is 2.42 bits per heavy atom. The molecule has 0 unspecified atom stereocenters. The first kappa shape index (κ1) is 18.5. The summed E-state index contributed by atoms with van der Waals surface area (Å²) in [5, 5.41) is 2.67. The summed E-state index contributed by atoms with van der Waals surface area (Å²) in [5.74, 6) is 1.01. The molecule has 2 rings (SSSR count). The van der Waals surface area contributed by atoms with E-state index in [9.17, 15) is 13.2 Å². The Hall–Kier alpha value is -1.80. The van der Waals surface area contributed by atoms with Crippen molar-refractivity contribution in [3.05, 3.63) is 24.3 Å². The summed E-state index contributed by atoms with van der Waals surface area (Å²) < 4.78 is 36.0. The van der Waals surface area contributed by atoms with Crippen LogP contribution in [0.4, 0.5) is 0 Å². The van der Waals surface area contributed by atoms with Gasteiger partial charge in [-0.05, 0) is 37.1 Å². The van der Waals surface area contributed by atoms with Gasteiger partial charge in [-0.1, -0.05) is 0 Å². The van der Waals surface area contributed by atoms with E-state index in [1.54, 1.807) is 31.4 Å². The molecule has 8 heteroatoms. The number of nitrogens with one attached hydrogen (secondary N) is 1. The quantitative estimate of drug-likeness (QED) is 0.668. The molecule has 1 fully saturated rings. The SMILES string of the molecule is COc1ccc(OCCNC(=O)CCS(=O)(=O)N2CCCC2)cc1. The van der Waals surface area contributed by atoms with Gasteiger partial charge >= 0.3 is 0 Å². The van der Waals surface area contributed by atoms with Gasteiger partial charge in [0.2, 0.25) is 15.9 Å². The van der Waals surface area contributed by atoms with E-state index in [0.29, 0.717) is 32.0 Å². The van der Waals surface area contributed by atoms with Gasteiger partial charge in [0.25, 0.3) is 0 Å². The number of carbonyl (C=O) groups excluding carboxylic acids is 1. The third kappa shape index (κ3) is 5.68. The Balaban J connectivity index is 1.62. The highest BCUT2D eigenvalue weighted by molar-refractivity contribution is 7.89. The summed E-state index contributed by atoms with van der Waals surface area (Å²) in [5.41, 5.74) is 0. The maximum Gasteiger partial charge on any atom is 0.221 e. The molecular formula is C16H24N2O5S. The fourth-order valence-electron chi connectivity index (χ4n) is 2.44. The first-order chi connectivity index (χ1) is 11.5. The molecule has 0 aliphatic carbocycles. The van der Waals surface area contributed by atoms with Crippen molar-refractivity contribution in [3.8, 4) is 11.5 Å². The number of hydrogen-bond donors (Lipinski definition) is 1. The largest absolute Gasteiger partial charge is 0.497 e. The molecule has 0 bridgehead atoms. The maximum absolute atomic E-state index is 12.0. The van der Waals surface area contributed by atoms with Crippen LogP contribution in [0.25, 0.3) is 0 Å². The van der Waals surface area contributed by atoms with Crippen molar-refractivity contribution in [2.24, 2.45) is 0 Å². The zero-order chi connectivity index (χ0) is 17.4. The van der Waals surface area contributed by atoms with Gasteiger partial charge in [0, 0.05) is 19.5 Å². The number of rotatable bonds is 9. The summed E-state index contributed by atoms with van der Waals surface area (Å²) in [6.07, 6.45) is 1.77. The molecule has 0 radical (unpaired) electrons. The van der Waals surface area contributed by atoms with Crippen molar-refractivity contribution in [1.82, 2.24) is 9.62 Å². The Morgan fingerprint density at radius 1 is 1.17 bits per heavy atom. The van der Waals surface area contributed by atoms with E-state index < -0.39 is 10.0 Å². The first-order valence-electron chi connectivity index (χ1n) is 8.02. The van der Waals surface area contributed by atoms with Crippen LogP contribution in [-0.4, -0.2) is 57.7 Å². The zero-order valence-electron chi connectivity index (χ0n) is 13.9. The second-order valence-corrected chi connectivity index (χ2v) is 7.63. The Bertz CT molecular complexity index is 624. The van der Waals surface area contributed by atoms with Gasteiger partial charge in [-0.15, -0.1) is 0 Å². The minimum absolute atomic E-state index is 0.0264. The van der Waals surface area contributed by atoms with Crippen molar-refractivity contribution in [2.75, 3.05) is 39.1 Å². The molecule has 134 valence electrons.